The summed E-state index contributed by atoms with van der Waals surface area (Å²) in [4.78, 5) is 52.5. The van der Waals surface area contributed by atoms with E-state index >= 15 is 0 Å². The average molecular weight is 395 g/mol. The molecule has 4 rings (SSSR count). The first-order valence-corrected chi connectivity index (χ1v) is 9.63. The molecule has 0 aliphatic carbocycles. The van der Waals surface area contributed by atoms with E-state index in [-0.39, 0.29) is 48.0 Å². The van der Waals surface area contributed by atoms with Gasteiger partial charge in [-0.1, -0.05) is 0 Å². The van der Waals surface area contributed by atoms with Gasteiger partial charge in [-0.05, 0) is 43.2 Å². The number of amides is 4. The van der Waals surface area contributed by atoms with Gasteiger partial charge in [0.2, 0.25) is 5.91 Å². The number of hydrogen-bond donors (Lipinski definition) is 1. The summed E-state index contributed by atoms with van der Waals surface area (Å²) in [7, 11) is 0. The fraction of sp³-hybridized carbons (Fsp3) is 0.333. The lowest BCUT2D eigenvalue weighted by atomic mass is 10.1. The zero-order valence-electron chi connectivity index (χ0n) is 15.8. The van der Waals surface area contributed by atoms with Crippen molar-refractivity contribution in [2.75, 3.05) is 19.6 Å². The lowest BCUT2D eigenvalue weighted by Crippen LogP contribution is -2.32. The van der Waals surface area contributed by atoms with Crippen molar-refractivity contribution in [1.82, 2.24) is 15.1 Å². The molecule has 8 nitrogen and oxygen atoms in total. The third-order valence-corrected chi connectivity index (χ3v) is 5.21. The maximum atomic E-state index is 12.6. The molecule has 0 saturated carbocycles. The van der Waals surface area contributed by atoms with Crippen LogP contribution in [-0.4, -0.2) is 53.1 Å². The summed E-state index contributed by atoms with van der Waals surface area (Å²) in [5, 5.41) is 2.71. The fourth-order valence-electron chi connectivity index (χ4n) is 3.64. The Balaban J connectivity index is 1.39. The van der Waals surface area contributed by atoms with Crippen molar-refractivity contribution in [3.63, 3.8) is 0 Å². The summed E-state index contributed by atoms with van der Waals surface area (Å²) < 4.78 is 5.21. The van der Waals surface area contributed by atoms with E-state index in [1.165, 1.54) is 24.5 Å². The number of carbonyl (C=O) groups excluding carboxylic acids is 4. The molecule has 0 atom stereocenters. The molecule has 2 aliphatic rings. The SMILES string of the molecule is O=C(NCCC(=O)N1CCCC1)c1ccc2c(c1)C(=O)N(Cc1ccco1)C2=O. The maximum absolute atomic E-state index is 12.6. The van der Waals surface area contributed by atoms with Gasteiger partial charge >= 0.3 is 0 Å². The number of hydrogen-bond acceptors (Lipinski definition) is 5. The largest absolute Gasteiger partial charge is 0.467 e. The highest BCUT2D eigenvalue weighted by molar-refractivity contribution is 6.22. The molecule has 1 aromatic heterocycles. The lowest BCUT2D eigenvalue weighted by molar-refractivity contribution is -0.129. The molecule has 29 heavy (non-hydrogen) atoms. The first-order chi connectivity index (χ1) is 14.0. The van der Waals surface area contributed by atoms with E-state index in [0.29, 0.717) is 5.76 Å². The fourth-order valence-corrected chi connectivity index (χ4v) is 3.64. The van der Waals surface area contributed by atoms with E-state index in [2.05, 4.69) is 5.32 Å². The highest BCUT2D eigenvalue weighted by Crippen LogP contribution is 2.25. The molecule has 2 aliphatic heterocycles. The number of carbonyl (C=O) groups is 4. The van der Waals surface area contributed by atoms with E-state index in [0.717, 1.165) is 30.8 Å². The standard InChI is InChI=1S/C21H21N3O5/c25-18(23-9-1-2-10-23)7-8-22-19(26)14-5-6-16-17(12-14)21(28)24(20(16)27)13-15-4-3-11-29-15/h3-6,11-12H,1-2,7-10,13H2,(H,22,26). The number of furan rings is 1. The Labute approximate surface area is 167 Å². The van der Waals surface area contributed by atoms with Gasteiger partial charge in [-0.3, -0.25) is 24.1 Å². The van der Waals surface area contributed by atoms with Gasteiger partial charge in [0.1, 0.15) is 5.76 Å². The van der Waals surface area contributed by atoms with Crippen molar-refractivity contribution >= 4 is 23.6 Å². The van der Waals surface area contributed by atoms with Crippen LogP contribution in [0, 0.1) is 0 Å². The molecule has 0 spiro atoms. The van der Waals surface area contributed by atoms with Crippen LogP contribution >= 0.6 is 0 Å². The van der Waals surface area contributed by atoms with Crippen LogP contribution in [0.5, 0.6) is 0 Å². The van der Waals surface area contributed by atoms with Crippen molar-refractivity contribution in [3.05, 3.63) is 59.0 Å². The molecule has 1 saturated heterocycles. The Kier molecular flexibility index (Phi) is 5.16. The highest BCUT2D eigenvalue weighted by Gasteiger charge is 2.36. The van der Waals surface area contributed by atoms with E-state index in [1.807, 2.05) is 0 Å². The third kappa shape index (κ3) is 3.78. The molecule has 0 bridgehead atoms. The minimum Gasteiger partial charge on any atom is -0.467 e. The lowest BCUT2D eigenvalue weighted by Gasteiger charge is -2.15. The maximum Gasteiger partial charge on any atom is 0.261 e. The average Bonchev–Trinajstić information content (AvgIpc) is 3.47. The van der Waals surface area contributed by atoms with Gasteiger partial charge in [0.15, 0.2) is 0 Å². The molecule has 4 amide bonds. The highest BCUT2D eigenvalue weighted by atomic mass is 16.3. The molecular weight excluding hydrogens is 374 g/mol. The second-order valence-corrected chi connectivity index (χ2v) is 7.13. The van der Waals surface area contributed by atoms with Crippen LogP contribution in [0.2, 0.25) is 0 Å². The molecule has 1 fully saturated rings. The van der Waals surface area contributed by atoms with Crippen LogP contribution in [0.15, 0.2) is 41.0 Å². The van der Waals surface area contributed by atoms with Crippen molar-refractivity contribution in [2.24, 2.45) is 0 Å². The Hall–Kier alpha value is -3.42. The normalized spacial score (nSPS) is 15.7. The molecule has 0 unspecified atom stereocenters. The molecule has 150 valence electrons. The number of fused-ring (bicyclic) bond motifs is 1. The van der Waals surface area contributed by atoms with E-state index in [1.54, 1.807) is 17.0 Å². The van der Waals surface area contributed by atoms with Crippen molar-refractivity contribution in [2.45, 2.75) is 25.8 Å². The number of nitrogens with zero attached hydrogens (tertiary/aromatic N) is 2. The van der Waals surface area contributed by atoms with Gasteiger partial charge < -0.3 is 14.6 Å². The summed E-state index contributed by atoms with van der Waals surface area (Å²) in [5.41, 5.74) is 0.739. The summed E-state index contributed by atoms with van der Waals surface area (Å²) in [6.07, 6.45) is 3.77. The predicted molar refractivity (Wildman–Crippen MR) is 102 cm³/mol. The molecule has 3 heterocycles. The summed E-state index contributed by atoms with van der Waals surface area (Å²) in [6.45, 7) is 1.83. The first-order valence-electron chi connectivity index (χ1n) is 9.63. The van der Waals surface area contributed by atoms with Crippen LogP contribution < -0.4 is 5.32 Å². The number of imide groups is 1. The molecule has 8 heteroatoms. The third-order valence-electron chi connectivity index (χ3n) is 5.21. The van der Waals surface area contributed by atoms with E-state index in [4.69, 9.17) is 4.42 Å². The Morgan fingerprint density at radius 2 is 1.79 bits per heavy atom. The van der Waals surface area contributed by atoms with Crippen LogP contribution in [0.4, 0.5) is 0 Å². The first kappa shape index (κ1) is 18.9. The second-order valence-electron chi connectivity index (χ2n) is 7.13. The van der Waals surface area contributed by atoms with Gasteiger partial charge in [0.25, 0.3) is 17.7 Å². The van der Waals surface area contributed by atoms with E-state index in [9.17, 15) is 19.2 Å². The number of benzene rings is 1. The van der Waals surface area contributed by atoms with Crippen LogP contribution in [0.25, 0.3) is 0 Å². The van der Waals surface area contributed by atoms with E-state index < -0.39 is 11.8 Å². The van der Waals surface area contributed by atoms with Crippen LogP contribution in [0.3, 0.4) is 0 Å². The predicted octanol–water partition coefficient (Wildman–Crippen LogP) is 1.82. The monoisotopic (exact) mass is 395 g/mol. The van der Waals surface area contributed by atoms with Gasteiger partial charge in [0, 0.05) is 31.6 Å². The molecule has 1 aromatic carbocycles. The Morgan fingerprint density at radius 1 is 1.03 bits per heavy atom. The van der Waals surface area contributed by atoms with Gasteiger partial charge in [-0.2, -0.15) is 0 Å². The van der Waals surface area contributed by atoms with Gasteiger partial charge in [-0.15, -0.1) is 0 Å². The smallest absolute Gasteiger partial charge is 0.261 e. The molecular formula is C21H21N3O5. The molecule has 2 aromatic rings. The van der Waals surface area contributed by atoms with Crippen LogP contribution in [-0.2, 0) is 11.3 Å². The number of likely N-dealkylation sites (tertiary alicyclic amines) is 1. The van der Waals surface area contributed by atoms with Crippen molar-refractivity contribution < 1.29 is 23.6 Å². The van der Waals surface area contributed by atoms with Crippen LogP contribution in [0.1, 0.15) is 56.1 Å². The Morgan fingerprint density at radius 3 is 2.52 bits per heavy atom. The zero-order chi connectivity index (χ0) is 20.4. The summed E-state index contributed by atoms with van der Waals surface area (Å²) in [5.74, 6) is -0.720. The minimum absolute atomic E-state index is 0.0334. The minimum atomic E-state index is -0.458. The molecule has 1 N–H and O–H groups in total. The topological polar surface area (TPSA) is 99.9 Å². The zero-order valence-corrected chi connectivity index (χ0v) is 15.8. The van der Waals surface area contributed by atoms with Gasteiger partial charge in [0.05, 0.1) is 23.9 Å². The number of nitrogens with one attached hydrogen (secondary N) is 1. The van der Waals surface area contributed by atoms with Crippen molar-refractivity contribution in [1.29, 1.82) is 0 Å². The quantitative estimate of drug-likeness (QED) is 0.752. The Bertz CT molecular complexity index is 961. The van der Waals surface area contributed by atoms with Crippen molar-refractivity contribution in [3.8, 4) is 0 Å². The summed E-state index contributed by atoms with van der Waals surface area (Å²) >= 11 is 0. The number of rotatable bonds is 6. The second kappa shape index (κ2) is 7.90. The van der Waals surface area contributed by atoms with Gasteiger partial charge in [-0.25, -0.2) is 0 Å². The summed E-state index contributed by atoms with van der Waals surface area (Å²) in [6, 6.07) is 7.80. The molecule has 0 radical (unpaired) electrons.